The van der Waals surface area contributed by atoms with E-state index < -0.39 is 5.97 Å². The van der Waals surface area contributed by atoms with E-state index in [-0.39, 0.29) is 18.0 Å². The minimum Gasteiger partial charge on any atom is -0.478 e. The van der Waals surface area contributed by atoms with Gasteiger partial charge in [-0.05, 0) is 31.5 Å². The molecule has 110 valence electrons. The summed E-state index contributed by atoms with van der Waals surface area (Å²) >= 11 is 0. The molecule has 0 saturated carbocycles. The molecule has 5 nitrogen and oxygen atoms in total. The zero-order valence-corrected chi connectivity index (χ0v) is 12.2. The highest BCUT2D eigenvalue weighted by atomic mass is 16.4. The number of benzene rings is 1. The molecule has 0 aliphatic heterocycles. The Morgan fingerprint density at radius 3 is 2.43 bits per heavy atom. The lowest BCUT2D eigenvalue weighted by atomic mass is 10.1. The number of carbonyl (C=O) groups excluding carboxylic acids is 1. The van der Waals surface area contributed by atoms with Crippen molar-refractivity contribution in [1.82, 2.24) is 4.90 Å². The standard InChI is InChI=1S/C16H17NO4/c1-10-6-4-5-7-13(10)15(18)17(3)9-12-8-14(16(19)20)11(2)21-12/h4-8H,9H2,1-3H3,(H,19,20). The van der Waals surface area contributed by atoms with E-state index in [0.717, 1.165) is 5.56 Å². The van der Waals surface area contributed by atoms with Crippen LogP contribution in [0.15, 0.2) is 34.7 Å². The quantitative estimate of drug-likeness (QED) is 0.938. The first-order valence-electron chi connectivity index (χ1n) is 6.54. The Balaban J connectivity index is 2.16. The summed E-state index contributed by atoms with van der Waals surface area (Å²) in [6.45, 7) is 3.69. The Morgan fingerprint density at radius 1 is 1.19 bits per heavy atom. The van der Waals surface area contributed by atoms with Crippen LogP contribution in [0.5, 0.6) is 0 Å². The van der Waals surface area contributed by atoms with Crippen molar-refractivity contribution in [1.29, 1.82) is 0 Å². The van der Waals surface area contributed by atoms with Crippen LogP contribution in [0.4, 0.5) is 0 Å². The maximum Gasteiger partial charge on any atom is 0.339 e. The van der Waals surface area contributed by atoms with Crippen LogP contribution in [0.25, 0.3) is 0 Å². The lowest BCUT2D eigenvalue weighted by Crippen LogP contribution is -2.26. The second-order valence-corrected chi connectivity index (χ2v) is 4.96. The first-order valence-corrected chi connectivity index (χ1v) is 6.54. The van der Waals surface area contributed by atoms with E-state index in [1.54, 1.807) is 20.0 Å². The Bertz CT molecular complexity index is 687. The topological polar surface area (TPSA) is 70.8 Å². The van der Waals surface area contributed by atoms with Crippen LogP contribution in [0.2, 0.25) is 0 Å². The van der Waals surface area contributed by atoms with Gasteiger partial charge in [-0.2, -0.15) is 0 Å². The fourth-order valence-electron chi connectivity index (χ4n) is 2.16. The highest BCUT2D eigenvalue weighted by Gasteiger charge is 2.18. The predicted octanol–water partition coefficient (Wildman–Crippen LogP) is 2.87. The van der Waals surface area contributed by atoms with Crippen molar-refractivity contribution in [2.45, 2.75) is 20.4 Å². The molecule has 0 bridgehead atoms. The maximum absolute atomic E-state index is 12.4. The van der Waals surface area contributed by atoms with Gasteiger partial charge in [-0.3, -0.25) is 4.79 Å². The molecule has 0 radical (unpaired) electrons. The number of nitrogens with zero attached hydrogens (tertiary/aromatic N) is 1. The van der Waals surface area contributed by atoms with Gasteiger partial charge >= 0.3 is 5.97 Å². The first-order chi connectivity index (χ1) is 9.90. The fraction of sp³-hybridized carbons (Fsp3) is 0.250. The Morgan fingerprint density at radius 2 is 1.86 bits per heavy atom. The van der Waals surface area contributed by atoms with Crippen LogP contribution >= 0.6 is 0 Å². The SMILES string of the molecule is Cc1ccccc1C(=O)N(C)Cc1cc(C(=O)O)c(C)o1. The molecule has 0 aliphatic rings. The van der Waals surface area contributed by atoms with E-state index in [9.17, 15) is 9.59 Å². The van der Waals surface area contributed by atoms with Crippen molar-refractivity contribution in [3.05, 3.63) is 58.5 Å². The number of amides is 1. The number of carboxylic acids is 1. The Kier molecular flexibility index (Phi) is 4.12. The lowest BCUT2D eigenvalue weighted by molar-refractivity contribution is 0.0694. The van der Waals surface area contributed by atoms with Gasteiger partial charge in [0.1, 0.15) is 17.1 Å². The number of carbonyl (C=O) groups is 2. The van der Waals surface area contributed by atoms with E-state index in [0.29, 0.717) is 17.1 Å². The Labute approximate surface area is 122 Å². The molecule has 2 aromatic rings. The van der Waals surface area contributed by atoms with E-state index in [2.05, 4.69) is 0 Å². The summed E-state index contributed by atoms with van der Waals surface area (Å²) in [7, 11) is 1.66. The number of hydrogen-bond acceptors (Lipinski definition) is 3. The minimum absolute atomic E-state index is 0.126. The molecular weight excluding hydrogens is 270 g/mol. The summed E-state index contributed by atoms with van der Waals surface area (Å²) in [5.74, 6) is -0.363. The van der Waals surface area contributed by atoms with E-state index in [1.165, 1.54) is 11.0 Å². The molecule has 1 aromatic carbocycles. The molecule has 0 spiro atoms. The molecule has 1 N–H and O–H groups in total. The molecule has 5 heteroatoms. The average molecular weight is 287 g/mol. The van der Waals surface area contributed by atoms with E-state index in [4.69, 9.17) is 9.52 Å². The zero-order valence-electron chi connectivity index (χ0n) is 12.2. The third-order valence-corrected chi connectivity index (χ3v) is 3.31. The van der Waals surface area contributed by atoms with Crippen LogP contribution in [0.1, 0.15) is 37.8 Å². The fourth-order valence-corrected chi connectivity index (χ4v) is 2.16. The van der Waals surface area contributed by atoms with Gasteiger partial charge in [-0.15, -0.1) is 0 Å². The summed E-state index contributed by atoms with van der Waals surface area (Å²) in [5, 5.41) is 9.00. The van der Waals surface area contributed by atoms with Gasteiger partial charge in [-0.25, -0.2) is 4.79 Å². The van der Waals surface area contributed by atoms with Crippen LogP contribution in [-0.2, 0) is 6.54 Å². The number of aryl methyl sites for hydroxylation is 2. The molecule has 0 fully saturated rings. The van der Waals surface area contributed by atoms with Crippen molar-refractivity contribution in [3.63, 3.8) is 0 Å². The Hall–Kier alpha value is -2.56. The monoisotopic (exact) mass is 287 g/mol. The van der Waals surface area contributed by atoms with E-state index >= 15 is 0 Å². The highest BCUT2D eigenvalue weighted by Crippen LogP contribution is 2.17. The molecule has 0 aliphatic carbocycles. The molecule has 1 aromatic heterocycles. The largest absolute Gasteiger partial charge is 0.478 e. The molecule has 21 heavy (non-hydrogen) atoms. The normalized spacial score (nSPS) is 10.4. The third-order valence-electron chi connectivity index (χ3n) is 3.31. The third kappa shape index (κ3) is 3.13. The smallest absolute Gasteiger partial charge is 0.339 e. The van der Waals surface area contributed by atoms with Crippen LogP contribution in [0, 0.1) is 13.8 Å². The number of carboxylic acid groups (broad SMARTS) is 1. The summed E-state index contributed by atoms with van der Waals surface area (Å²) in [5.41, 5.74) is 1.65. The average Bonchev–Trinajstić information content (AvgIpc) is 2.79. The molecule has 0 saturated heterocycles. The molecule has 1 amide bonds. The lowest BCUT2D eigenvalue weighted by Gasteiger charge is -2.17. The van der Waals surface area contributed by atoms with Crippen LogP contribution in [-0.4, -0.2) is 28.9 Å². The van der Waals surface area contributed by atoms with Gasteiger partial charge in [0, 0.05) is 12.6 Å². The van der Waals surface area contributed by atoms with Crippen molar-refractivity contribution in [2.75, 3.05) is 7.05 Å². The van der Waals surface area contributed by atoms with Gasteiger partial charge in [0.05, 0.1) is 6.54 Å². The number of aromatic carboxylic acids is 1. The van der Waals surface area contributed by atoms with Gasteiger partial charge in [-0.1, -0.05) is 18.2 Å². The summed E-state index contributed by atoms with van der Waals surface area (Å²) < 4.78 is 5.39. The van der Waals surface area contributed by atoms with Crippen molar-refractivity contribution >= 4 is 11.9 Å². The maximum atomic E-state index is 12.4. The second kappa shape index (κ2) is 5.83. The second-order valence-electron chi connectivity index (χ2n) is 4.96. The molecule has 1 heterocycles. The van der Waals surface area contributed by atoms with Crippen LogP contribution < -0.4 is 0 Å². The van der Waals surface area contributed by atoms with Gasteiger partial charge < -0.3 is 14.4 Å². The van der Waals surface area contributed by atoms with Crippen molar-refractivity contribution < 1.29 is 19.1 Å². The van der Waals surface area contributed by atoms with Gasteiger partial charge in [0.15, 0.2) is 0 Å². The first kappa shape index (κ1) is 14.8. The summed E-state index contributed by atoms with van der Waals surface area (Å²) in [6.07, 6.45) is 0. The zero-order chi connectivity index (χ0) is 15.6. The molecule has 0 unspecified atom stereocenters. The van der Waals surface area contributed by atoms with Gasteiger partial charge in [0.2, 0.25) is 0 Å². The van der Waals surface area contributed by atoms with E-state index in [1.807, 2.05) is 25.1 Å². The predicted molar refractivity (Wildman–Crippen MR) is 77.4 cm³/mol. The number of furan rings is 1. The minimum atomic E-state index is -1.03. The van der Waals surface area contributed by atoms with Crippen LogP contribution in [0.3, 0.4) is 0 Å². The molecule has 2 rings (SSSR count). The number of rotatable bonds is 4. The molecule has 0 atom stereocenters. The summed E-state index contributed by atoms with van der Waals surface area (Å²) in [6, 6.07) is 8.79. The van der Waals surface area contributed by atoms with Crippen molar-refractivity contribution in [2.24, 2.45) is 0 Å². The highest BCUT2D eigenvalue weighted by molar-refractivity contribution is 5.95. The summed E-state index contributed by atoms with van der Waals surface area (Å²) in [4.78, 5) is 24.8. The molecular formula is C16H17NO4. The number of hydrogen-bond donors (Lipinski definition) is 1. The van der Waals surface area contributed by atoms with Crippen molar-refractivity contribution in [3.8, 4) is 0 Å². The van der Waals surface area contributed by atoms with Gasteiger partial charge in [0.25, 0.3) is 5.91 Å².